The van der Waals surface area contributed by atoms with Gasteiger partial charge in [0.15, 0.2) is 6.61 Å². The highest BCUT2D eigenvalue weighted by Gasteiger charge is 2.18. The molecule has 9 heteroatoms. The molecule has 0 aliphatic heterocycles. The molecule has 168 valence electrons. The van der Waals surface area contributed by atoms with Crippen molar-refractivity contribution in [3.63, 3.8) is 0 Å². The molecule has 0 aromatic heterocycles. The first-order chi connectivity index (χ1) is 15.3. The maximum Gasteiger partial charge on any atom is 0.262 e. The number of amides is 1. The molecule has 32 heavy (non-hydrogen) atoms. The van der Waals surface area contributed by atoms with Crippen LogP contribution in [-0.4, -0.2) is 34.3 Å². The Morgan fingerprint density at radius 3 is 2.28 bits per heavy atom. The van der Waals surface area contributed by atoms with Crippen molar-refractivity contribution >= 4 is 27.3 Å². The minimum atomic E-state index is -3.58. The van der Waals surface area contributed by atoms with E-state index in [0.717, 1.165) is 6.26 Å². The maximum atomic E-state index is 13.1. The van der Waals surface area contributed by atoms with E-state index in [2.05, 4.69) is 5.32 Å². The topological polar surface area (TPSA) is 84.9 Å². The van der Waals surface area contributed by atoms with Gasteiger partial charge >= 0.3 is 0 Å². The van der Waals surface area contributed by atoms with Crippen LogP contribution in [0.3, 0.4) is 0 Å². The van der Waals surface area contributed by atoms with Crippen LogP contribution in [0.5, 0.6) is 11.5 Å². The Labute approximate surface area is 186 Å². The Morgan fingerprint density at radius 1 is 1.00 bits per heavy atom. The van der Waals surface area contributed by atoms with E-state index in [1.807, 2.05) is 0 Å². The smallest absolute Gasteiger partial charge is 0.262 e. The minimum absolute atomic E-state index is 0.0562. The summed E-state index contributed by atoms with van der Waals surface area (Å²) in [5.74, 6) is 0.176. The fourth-order valence-electron chi connectivity index (χ4n) is 2.95. The van der Waals surface area contributed by atoms with Crippen molar-refractivity contribution in [3.05, 3.63) is 84.2 Å². The molecular weight excluding hydrogens is 435 g/mol. The summed E-state index contributed by atoms with van der Waals surface area (Å²) in [7, 11) is -2.07. The first kappa shape index (κ1) is 23.1. The SMILES string of the molecule is COc1ccccc1NC(=O)COc1ccc(N(Cc2ccc(F)cc2)S(C)(=O)=O)cc1. The number of benzene rings is 3. The van der Waals surface area contributed by atoms with Crippen molar-refractivity contribution in [1.82, 2.24) is 0 Å². The average molecular weight is 459 g/mol. The van der Waals surface area contributed by atoms with Gasteiger partial charge in [-0.3, -0.25) is 9.10 Å². The maximum absolute atomic E-state index is 13.1. The third kappa shape index (κ3) is 6.21. The third-order valence-corrected chi connectivity index (χ3v) is 5.66. The Balaban J connectivity index is 1.64. The Kier molecular flexibility index (Phi) is 7.32. The molecule has 0 aliphatic carbocycles. The Hall–Kier alpha value is -3.59. The number of anilines is 2. The lowest BCUT2D eigenvalue weighted by Gasteiger charge is -2.22. The van der Waals surface area contributed by atoms with Crippen LogP contribution in [0.4, 0.5) is 15.8 Å². The van der Waals surface area contributed by atoms with Gasteiger partial charge < -0.3 is 14.8 Å². The van der Waals surface area contributed by atoms with Crippen molar-refractivity contribution in [2.45, 2.75) is 6.54 Å². The molecule has 0 fully saturated rings. The van der Waals surface area contributed by atoms with Crippen molar-refractivity contribution in [3.8, 4) is 11.5 Å². The summed E-state index contributed by atoms with van der Waals surface area (Å²) in [6, 6.07) is 19.0. The van der Waals surface area contributed by atoms with Gasteiger partial charge in [0.2, 0.25) is 10.0 Å². The number of halogens is 1. The second-order valence-corrected chi connectivity index (χ2v) is 8.83. The molecule has 0 atom stereocenters. The van der Waals surface area contributed by atoms with Gasteiger partial charge in [-0.2, -0.15) is 0 Å². The lowest BCUT2D eigenvalue weighted by molar-refractivity contribution is -0.118. The second kappa shape index (κ2) is 10.1. The zero-order chi connectivity index (χ0) is 23.1. The van der Waals surface area contributed by atoms with E-state index in [9.17, 15) is 17.6 Å². The number of nitrogens with zero attached hydrogens (tertiary/aromatic N) is 1. The number of carbonyl (C=O) groups excluding carboxylic acids is 1. The molecule has 1 N–H and O–H groups in total. The number of hydrogen-bond acceptors (Lipinski definition) is 5. The van der Waals surface area contributed by atoms with Crippen LogP contribution in [0.1, 0.15) is 5.56 Å². The van der Waals surface area contributed by atoms with Gasteiger partial charge in [-0.1, -0.05) is 24.3 Å². The molecule has 0 bridgehead atoms. The molecule has 3 aromatic rings. The van der Waals surface area contributed by atoms with Gasteiger partial charge in [0, 0.05) is 0 Å². The molecule has 1 amide bonds. The van der Waals surface area contributed by atoms with Gasteiger partial charge in [0.05, 0.1) is 31.3 Å². The van der Waals surface area contributed by atoms with Crippen molar-refractivity contribution < 1.29 is 27.1 Å². The minimum Gasteiger partial charge on any atom is -0.495 e. The normalized spacial score (nSPS) is 11.0. The molecule has 3 rings (SSSR count). The Morgan fingerprint density at radius 2 is 1.66 bits per heavy atom. The summed E-state index contributed by atoms with van der Waals surface area (Å²) in [6.07, 6.45) is 1.10. The molecule has 0 radical (unpaired) electrons. The zero-order valence-corrected chi connectivity index (χ0v) is 18.4. The van der Waals surface area contributed by atoms with Crippen LogP contribution in [-0.2, 0) is 21.4 Å². The van der Waals surface area contributed by atoms with E-state index in [-0.39, 0.29) is 19.1 Å². The molecule has 0 unspecified atom stereocenters. The molecule has 0 heterocycles. The van der Waals surface area contributed by atoms with E-state index >= 15 is 0 Å². The first-order valence-corrected chi connectivity index (χ1v) is 11.5. The summed E-state index contributed by atoms with van der Waals surface area (Å²) in [4.78, 5) is 12.2. The second-order valence-electron chi connectivity index (χ2n) is 6.93. The molecule has 0 aliphatic rings. The fraction of sp³-hybridized carbons (Fsp3) is 0.174. The summed E-state index contributed by atoms with van der Waals surface area (Å²) < 4.78 is 49.6. The van der Waals surface area contributed by atoms with E-state index in [4.69, 9.17) is 9.47 Å². The van der Waals surface area contributed by atoms with Crippen LogP contribution in [0.15, 0.2) is 72.8 Å². The summed E-state index contributed by atoms with van der Waals surface area (Å²) in [5, 5.41) is 2.71. The van der Waals surface area contributed by atoms with E-state index in [1.165, 1.54) is 35.7 Å². The monoisotopic (exact) mass is 458 g/mol. The largest absolute Gasteiger partial charge is 0.495 e. The average Bonchev–Trinajstić information content (AvgIpc) is 2.77. The quantitative estimate of drug-likeness (QED) is 0.527. The summed E-state index contributed by atoms with van der Waals surface area (Å²) in [5.41, 5.74) is 1.59. The molecule has 0 spiro atoms. The number of ether oxygens (including phenoxy) is 2. The molecule has 3 aromatic carbocycles. The standard InChI is InChI=1S/C23H23FN2O5S/c1-30-22-6-4-3-5-21(22)25-23(27)16-31-20-13-11-19(12-14-20)26(32(2,28)29)15-17-7-9-18(24)10-8-17/h3-14H,15-16H2,1-2H3,(H,25,27). The number of methoxy groups -OCH3 is 1. The number of carbonyl (C=O) groups is 1. The highest BCUT2D eigenvalue weighted by Crippen LogP contribution is 2.25. The molecule has 0 saturated heterocycles. The highest BCUT2D eigenvalue weighted by molar-refractivity contribution is 7.92. The summed E-state index contributed by atoms with van der Waals surface area (Å²) in [6.45, 7) is -0.177. The van der Waals surface area contributed by atoms with Crippen molar-refractivity contribution in [2.75, 3.05) is 29.6 Å². The number of sulfonamides is 1. The third-order valence-electron chi connectivity index (χ3n) is 4.52. The predicted molar refractivity (Wildman–Crippen MR) is 121 cm³/mol. The van der Waals surface area contributed by atoms with Gasteiger partial charge in [-0.25, -0.2) is 12.8 Å². The van der Waals surface area contributed by atoms with Crippen LogP contribution < -0.4 is 19.1 Å². The van der Waals surface area contributed by atoms with Crippen LogP contribution in [0, 0.1) is 5.82 Å². The number of hydrogen-bond donors (Lipinski definition) is 1. The van der Waals surface area contributed by atoms with Crippen LogP contribution in [0.2, 0.25) is 0 Å². The zero-order valence-electron chi connectivity index (χ0n) is 17.6. The van der Waals surface area contributed by atoms with Gasteiger partial charge in [0.1, 0.15) is 17.3 Å². The van der Waals surface area contributed by atoms with Crippen molar-refractivity contribution in [2.24, 2.45) is 0 Å². The molecule has 7 nitrogen and oxygen atoms in total. The van der Waals surface area contributed by atoms with E-state index in [1.54, 1.807) is 48.5 Å². The number of rotatable bonds is 9. The lowest BCUT2D eigenvalue weighted by atomic mass is 10.2. The van der Waals surface area contributed by atoms with Crippen molar-refractivity contribution in [1.29, 1.82) is 0 Å². The molecular formula is C23H23FN2O5S. The van der Waals surface area contributed by atoms with Gasteiger partial charge in [-0.15, -0.1) is 0 Å². The Bertz CT molecular complexity index is 1170. The summed E-state index contributed by atoms with van der Waals surface area (Å²) >= 11 is 0. The van der Waals surface area contributed by atoms with Gasteiger partial charge in [-0.05, 0) is 54.1 Å². The predicted octanol–water partition coefficient (Wildman–Crippen LogP) is 3.82. The lowest BCUT2D eigenvalue weighted by Crippen LogP contribution is -2.29. The van der Waals surface area contributed by atoms with Gasteiger partial charge in [0.25, 0.3) is 5.91 Å². The fourth-order valence-corrected chi connectivity index (χ4v) is 3.84. The number of nitrogens with one attached hydrogen (secondary N) is 1. The number of para-hydroxylation sites is 2. The highest BCUT2D eigenvalue weighted by atomic mass is 32.2. The van der Waals surface area contributed by atoms with E-state index < -0.39 is 15.8 Å². The first-order valence-electron chi connectivity index (χ1n) is 9.64. The van der Waals surface area contributed by atoms with Crippen LogP contribution >= 0.6 is 0 Å². The van der Waals surface area contributed by atoms with E-state index in [0.29, 0.717) is 28.4 Å². The van der Waals surface area contributed by atoms with Crippen LogP contribution in [0.25, 0.3) is 0 Å². The molecule has 0 saturated carbocycles.